The summed E-state index contributed by atoms with van der Waals surface area (Å²) in [6, 6.07) is 5.94. The molecule has 0 aliphatic carbocycles. The first-order valence-electron chi connectivity index (χ1n) is 6.10. The molecule has 98 valence electrons. The van der Waals surface area contributed by atoms with Gasteiger partial charge in [0.25, 0.3) is 0 Å². The fourth-order valence-corrected chi connectivity index (χ4v) is 2.29. The number of piperazine rings is 1. The van der Waals surface area contributed by atoms with Crippen LogP contribution in [-0.2, 0) is 4.79 Å². The molecule has 1 unspecified atom stereocenters. The van der Waals surface area contributed by atoms with E-state index in [1.54, 1.807) is 17.0 Å². The van der Waals surface area contributed by atoms with Crippen molar-refractivity contribution >= 4 is 11.6 Å². The highest BCUT2D eigenvalue weighted by molar-refractivity contribution is 5.97. The van der Waals surface area contributed by atoms with E-state index in [0.717, 1.165) is 6.54 Å². The van der Waals surface area contributed by atoms with E-state index < -0.39 is 0 Å². The van der Waals surface area contributed by atoms with E-state index in [9.17, 15) is 9.18 Å². The standard InChI is InChI=1S/C13H18FN3O/c1-16-7-8-17(13(18)12(16)5-6-15)11-4-2-3-10(14)9-11/h2-4,9,12H,5-8,15H2,1H3. The van der Waals surface area contributed by atoms with Gasteiger partial charge in [0.2, 0.25) is 5.91 Å². The SMILES string of the molecule is CN1CCN(c2cccc(F)c2)C(=O)C1CCN. The molecule has 1 aliphatic heterocycles. The second-order valence-corrected chi connectivity index (χ2v) is 4.54. The number of rotatable bonds is 3. The molecule has 1 atom stereocenters. The lowest BCUT2D eigenvalue weighted by molar-refractivity contribution is -0.125. The summed E-state index contributed by atoms with van der Waals surface area (Å²) in [4.78, 5) is 16.0. The molecule has 1 aromatic carbocycles. The number of likely N-dealkylation sites (N-methyl/N-ethyl adjacent to an activating group) is 1. The molecular weight excluding hydrogens is 233 g/mol. The Morgan fingerprint density at radius 3 is 2.89 bits per heavy atom. The Labute approximate surface area is 106 Å². The van der Waals surface area contributed by atoms with Crippen LogP contribution < -0.4 is 10.6 Å². The quantitative estimate of drug-likeness (QED) is 0.865. The number of nitrogens with zero attached hydrogens (tertiary/aromatic N) is 2. The molecule has 0 spiro atoms. The van der Waals surface area contributed by atoms with Crippen LogP contribution in [0.5, 0.6) is 0 Å². The summed E-state index contributed by atoms with van der Waals surface area (Å²) in [5, 5.41) is 0. The zero-order valence-corrected chi connectivity index (χ0v) is 10.5. The van der Waals surface area contributed by atoms with Crippen LogP contribution in [0.1, 0.15) is 6.42 Å². The Morgan fingerprint density at radius 1 is 1.44 bits per heavy atom. The van der Waals surface area contributed by atoms with Crippen molar-refractivity contribution < 1.29 is 9.18 Å². The number of hydrogen-bond acceptors (Lipinski definition) is 3. The number of carbonyl (C=O) groups is 1. The van der Waals surface area contributed by atoms with Gasteiger partial charge in [0.15, 0.2) is 0 Å². The van der Waals surface area contributed by atoms with Crippen LogP contribution in [0.15, 0.2) is 24.3 Å². The molecule has 0 radical (unpaired) electrons. The molecular formula is C13H18FN3O. The molecule has 2 N–H and O–H groups in total. The van der Waals surface area contributed by atoms with Gasteiger partial charge in [0.05, 0.1) is 6.04 Å². The minimum Gasteiger partial charge on any atom is -0.330 e. The monoisotopic (exact) mass is 251 g/mol. The second kappa shape index (κ2) is 5.46. The lowest BCUT2D eigenvalue weighted by Gasteiger charge is -2.38. The zero-order valence-electron chi connectivity index (χ0n) is 10.5. The smallest absolute Gasteiger partial charge is 0.244 e. The number of benzene rings is 1. The number of nitrogens with two attached hydrogens (primary N) is 1. The zero-order chi connectivity index (χ0) is 13.1. The number of amides is 1. The normalized spacial score (nSPS) is 21.4. The highest BCUT2D eigenvalue weighted by atomic mass is 19.1. The number of carbonyl (C=O) groups excluding carboxylic acids is 1. The van der Waals surface area contributed by atoms with Crippen LogP contribution in [0.3, 0.4) is 0 Å². The average molecular weight is 251 g/mol. The van der Waals surface area contributed by atoms with Crippen molar-refractivity contribution in [2.45, 2.75) is 12.5 Å². The molecule has 1 aliphatic rings. The third-order valence-electron chi connectivity index (χ3n) is 3.32. The average Bonchev–Trinajstić information content (AvgIpc) is 2.34. The van der Waals surface area contributed by atoms with Gasteiger partial charge in [-0.25, -0.2) is 4.39 Å². The molecule has 0 aromatic heterocycles. The molecule has 4 nitrogen and oxygen atoms in total. The minimum atomic E-state index is -0.324. The maximum atomic E-state index is 13.2. The molecule has 0 saturated carbocycles. The van der Waals surface area contributed by atoms with E-state index >= 15 is 0 Å². The molecule has 5 heteroatoms. The van der Waals surface area contributed by atoms with E-state index in [1.807, 2.05) is 11.9 Å². The van der Waals surface area contributed by atoms with Crippen LogP contribution in [0.4, 0.5) is 10.1 Å². The van der Waals surface area contributed by atoms with E-state index in [4.69, 9.17) is 5.73 Å². The fourth-order valence-electron chi connectivity index (χ4n) is 2.29. The highest BCUT2D eigenvalue weighted by Gasteiger charge is 2.32. The van der Waals surface area contributed by atoms with E-state index in [-0.39, 0.29) is 17.8 Å². The van der Waals surface area contributed by atoms with Crippen LogP contribution in [0, 0.1) is 5.82 Å². The summed E-state index contributed by atoms with van der Waals surface area (Å²) in [6.45, 7) is 1.82. The second-order valence-electron chi connectivity index (χ2n) is 4.54. The maximum absolute atomic E-state index is 13.2. The Hall–Kier alpha value is -1.46. The van der Waals surface area contributed by atoms with Crippen LogP contribution in [0.2, 0.25) is 0 Å². The van der Waals surface area contributed by atoms with Crippen molar-refractivity contribution in [1.82, 2.24) is 4.90 Å². The third-order valence-corrected chi connectivity index (χ3v) is 3.32. The predicted molar refractivity (Wildman–Crippen MR) is 68.8 cm³/mol. The van der Waals surface area contributed by atoms with E-state index in [1.165, 1.54) is 12.1 Å². The summed E-state index contributed by atoms with van der Waals surface area (Å²) >= 11 is 0. The molecule has 18 heavy (non-hydrogen) atoms. The van der Waals surface area contributed by atoms with Gasteiger partial charge in [0, 0.05) is 18.8 Å². The van der Waals surface area contributed by atoms with Gasteiger partial charge in [-0.05, 0) is 38.2 Å². The largest absolute Gasteiger partial charge is 0.330 e. The van der Waals surface area contributed by atoms with Crippen LogP contribution >= 0.6 is 0 Å². The summed E-state index contributed by atoms with van der Waals surface area (Å²) < 4.78 is 13.2. The van der Waals surface area contributed by atoms with Crippen molar-refractivity contribution in [3.05, 3.63) is 30.1 Å². The molecule has 1 saturated heterocycles. The molecule has 1 amide bonds. The first-order chi connectivity index (χ1) is 8.63. The van der Waals surface area contributed by atoms with Gasteiger partial charge < -0.3 is 10.6 Å². The highest BCUT2D eigenvalue weighted by Crippen LogP contribution is 2.21. The summed E-state index contributed by atoms with van der Waals surface area (Å²) in [7, 11) is 1.92. The van der Waals surface area contributed by atoms with Gasteiger partial charge in [-0.1, -0.05) is 6.07 Å². The van der Waals surface area contributed by atoms with Gasteiger partial charge in [-0.15, -0.1) is 0 Å². The van der Waals surface area contributed by atoms with Gasteiger partial charge in [-0.2, -0.15) is 0 Å². The Balaban J connectivity index is 2.21. The molecule has 1 fully saturated rings. The van der Waals surface area contributed by atoms with Crippen molar-refractivity contribution in [1.29, 1.82) is 0 Å². The Kier molecular flexibility index (Phi) is 3.93. The van der Waals surface area contributed by atoms with E-state index in [2.05, 4.69) is 0 Å². The molecule has 1 heterocycles. The number of anilines is 1. The molecule has 1 aromatic rings. The van der Waals surface area contributed by atoms with Crippen molar-refractivity contribution in [2.24, 2.45) is 5.73 Å². The van der Waals surface area contributed by atoms with E-state index in [0.29, 0.717) is 25.2 Å². The van der Waals surface area contributed by atoms with Gasteiger partial charge >= 0.3 is 0 Å². The summed E-state index contributed by atoms with van der Waals surface area (Å²) in [6.07, 6.45) is 0.626. The predicted octanol–water partition coefficient (Wildman–Crippen LogP) is 0.821. The first-order valence-corrected chi connectivity index (χ1v) is 6.10. The fraction of sp³-hybridized carbons (Fsp3) is 0.462. The van der Waals surface area contributed by atoms with Gasteiger partial charge in [-0.3, -0.25) is 9.69 Å². The lowest BCUT2D eigenvalue weighted by atomic mass is 10.1. The van der Waals surface area contributed by atoms with Gasteiger partial charge in [0.1, 0.15) is 5.82 Å². The van der Waals surface area contributed by atoms with Crippen molar-refractivity contribution in [3.8, 4) is 0 Å². The molecule has 2 rings (SSSR count). The summed E-state index contributed by atoms with van der Waals surface area (Å²) in [5.74, 6) is -0.325. The maximum Gasteiger partial charge on any atom is 0.244 e. The Morgan fingerprint density at radius 2 is 2.22 bits per heavy atom. The topological polar surface area (TPSA) is 49.6 Å². The number of halogens is 1. The first kappa shape index (κ1) is 13.0. The van der Waals surface area contributed by atoms with Crippen LogP contribution in [-0.4, -0.2) is 43.5 Å². The van der Waals surface area contributed by atoms with Crippen molar-refractivity contribution in [3.63, 3.8) is 0 Å². The van der Waals surface area contributed by atoms with Crippen LogP contribution in [0.25, 0.3) is 0 Å². The van der Waals surface area contributed by atoms with Crippen molar-refractivity contribution in [2.75, 3.05) is 31.6 Å². The minimum absolute atomic E-state index is 0.000185. The Bertz CT molecular complexity index is 438. The molecule has 0 bridgehead atoms. The number of hydrogen-bond donors (Lipinski definition) is 1. The summed E-state index contributed by atoms with van der Waals surface area (Å²) in [5.41, 5.74) is 6.16. The lowest BCUT2D eigenvalue weighted by Crippen LogP contribution is -2.56. The third kappa shape index (κ3) is 2.52.